The van der Waals surface area contributed by atoms with Crippen LogP contribution in [0.5, 0.6) is 0 Å². The first kappa shape index (κ1) is 19.0. The van der Waals surface area contributed by atoms with Gasteiger partial charge in [-0.1, -0.05) is 18.2 Å². The normalized spacial score (nSPS) is 17.8. The molecule has 6 nitrogen and oxygen atoms in total. The third-order valence-electron chi connectivity index (χ3n) is 3.70. The second-order valence-electron chi connectivity index (χ2n) is 5.34. The molecule has 1 unspecified atom stereocenters. The molecule has 0 saturated heterocycles. The summed E-state index contributed by atoms with van der Waals surface area (Å²) < 4.78 is 63.1. The molecule has 1 aliphatic rings. The number of likely N-dealkylation sites (N-methyl/N-ethyl adjacent to an activating group) is 1. The second-order valence-corrected chi connectivity index (χ2v) is 6.88. The SMILES string of the molecule is CN(C(=O)c1ccccc1C=O)C1C=C(OS(=O)(=O)C(F)(F)F)CC1. The highest BCUT2D eigenvalue weighted by atomic mass is 32.2. The van der Waals surface area contributed by atoms with Gasteiger partial charge in [-0.15, -0.1) is 0 Å². The Morgan fingerprint density at radius 2 is 1.96 bits per heavy atom. The maximum atomic E-state index is 12.5. The van der Waals surface area contributed by atoms with Crippen LogP contribution in [-0.2, 0) is 14.3 Å². The first-order valence-corrected chi connectivity index (χ1v) is 8.50. The molecular weight excluding hydrogens is 363 g/mol. The summed E-state index contributed by atoms with van der Waals surface area (Å²) in [6.45, 7) is 0. The molecule has 25 heavy (non-hydrogen) atoms. The number of aldehydes is 1. The van der Waals surface area contributed by atoms with Crippen LogP contribution in [0, 0.1) is 0 Å². The molecule has 2 rings (SSSR count). The number of nitrogens with zero attached hydrogens (tertiary/aromatic N) is 1. The number of alkyl halides is 3. The summed E-state index contributed by atoms with van der Waals surface area (Å²) in [6.07, 6.45) is 1.82. The molecule has 0 radical (unpaired) electrons. The molecule has 10 heteroatoms. The van der Waals surface area contributed by atoms with Crippen LogP contribution in [0.15, 0.2) is 36.1 Å². The molecule has 1 aromatic carbocycles. The Hall–Kier alpha value is -2.36. The molecule has 0 aromatic heterocycles. The number of allylic oxidation sites excluding steroid dienone is 1. The number of benzene rings is 1. The number of carbonyl (C=O) groups is 2. The van der Waals surface area contributed by atoms with Crippen molar-refractivity contribution in [3.63, 3.8) is 0 Å². The van der Waals surface area contributed by atoms with Gasteiger partial charge in [-0.3, -0.25) is 9.59 Å². The monoisotopic (exact) mass is 377 g/mol. The van der Waals surface area contributed by atoms with Crippen molar-refractivity contribution in [1.29, 1.82) is 0 Å². The quantitative estimate of drug-likeness (QED) is 0.447. The van der Waals surface area contributed by atoms with E-state index in [9.17, 15) is 31.2 Å². The standard InChI is InChI=1S/C15H14F3NO5S/c1-19(14(21)13-5-3-2-4-10(13)9-20)11-6-7-12(8-11)24-25(22,23)15(16,17)18/h2-5,8-9,11H,6-7H2,1H3. The summed E-state index contributed by atoms with van der Waals surface area (Å²) in [7, 11) is -4.32. The van der Waals surface area contributed by atoms with Gasteiger partial charge in [0.1, 0.15) is 5.76 Å². The highest BCUT2D eigenvalue weighted by Crippen LogP contribution is 2.31. The van der Waals surface area contributed by atoms with Gasteiger partial charge >= 0.3 is 15.6 Å². The fraction of sp³-hybridized carbons (Fsp3) is 0.333. The van der Waals surface area contributed by atoms with Crippen LogP contribution >= 0.6 is 0 Å². The summed E-state index contributed by atoms with van der Waals surface area (Å²) in [5.41, 5.74) is -5.19. The van der Waals surface area contributed by atoms with Crippen LogP contribution in [0.3, 0.4) is 0 Å². The minimum absolute atomic E-state index is 0.0626. The van der Waals surface area contributed by atoms with E-state index in [0.29, 0.717) is 6.29 Å². The number of hydrogen-bond donors (Lipinski definition) is 0. The van der Waals surface area contributed by atoms with E-state index >= 15 is 0 Å². The van der Waals surface area contributed by atoms with E-state index in [1.807, 2.05) is 0 Å². The summed E-state index contributed by atoms with van der Waals surface area (Å²) in [5, 5.41) is 0. The Bertz CT molecular complexity index is 817. The molecule has 1 aliphatic carbocycles. The zero-order chi connectivity index (χ0) is 18.8. The van der Waals surface area contributed by atoms with Crippen LogP contribution in [-0.4, -0.2) is 44.1 Å². The molecule has 0 spiro atoms. The molecule has 0 aliphatic heterocycles. The number of carbonyl (C=O) groups excluding carboxylic acids is 2. The highest BCUT2D eigenvalue weighted by molar-refractivity contribution is 7.87. The third-order valence-corrected chi connectivity index (χ3v) is 4.70. The molecule has 1 amide bonds. The highest BCUT2D eigenvalue weighted by Gasteiger charge is 2.49. The van der Waals surface area contributed by atoms with Gasteiger partial charge in [-0.25, -0.2) is 0 Å². The van der Waals surface area contributed by atoms with E-state index in [0.717, 1.165) is 6.08 Å². The fourth-order valence-corrected chi connectivity index (χ4v) is 2.88. The summed E-state index contributed by atoms with van der Waals surface area (Å²) >= 11 is 0. The summed E-state index contributed by atoms with van der Waals surface area (Å²) in [6, 6.07) is 5.42. The lowest BCUT2D eigenvalue weighted by atomic mass is 10.1. The fourth-order valence-electron chi connectivity index (χ4n) is 2.37. The van der Waals surface area contributed by atoms with Gasteiger partial charge in [0.15, 0.2) is 6.29 Å². The van der Waals surface area contributed by atoms with Crippen molar-refractivity contribution in [2.75, 3.05) is 7.05 Å². The van der Waals surface area contributed by atoms with E-state index in [1.165, 1.54) is 24.1 Å². The van der Waals surface area contributed by atoms with E-state index in [4.69, 9.17) is 0 Å². The first-order valence-electron chi connectivity index (χ1n) is 7.09. The van der Waals surface area contributed by atoms with Crippen molar-refractivity contribution < 1.29 is 35.4 Å². The van der Waals surface area contributed by atoms with Crippen LogP contribution in [0.1, 0.15) is 33.6 Å². The van der Waals surface area contributed by atoms with Crippen molar-refractivity contribution in [2.24, 2.45) is 0 Å². The molecule has 136 valence electrons. The van der Waals surface area contributed by atoms with Crippen molar-refractivity contribution in [3.8, 4) is 0 Å². The lowest BCUT2D eigenvalue weighted by Gasteiger charge is -2.23. The first-order chi connectivity index (χ1) is 11.6. The van der Waals surface area contributed by atoms with Crippen molar-refractivity contribution in [2.45, 2.75) is 24.4 Å². The Morgan fingerprint density at radius 1 is 1.32 bits per heavy atom. The zero-order valence-electron chi connectivity index (χ0n) is 13.0. The lowest BCUT2D eigenvalue weighted by molar-refractivity contribution is -0.0522. The van der Waals surface area contributed by atoms with Gasteiger partial charge in [0.05, 0.1) is 11.6 Å². The average molecular weight is 377 g/mol. The topological polar surface area (TPSA) is 80.8 Å². The molecular formula is C15H14F3NO5S. The predicted molar refractivity (Wildman–Crippen MR) is 81.1 cm³/mol. The van der Waals surface area contributed by atoms with Crippen LogP contribution in [0.4, 0.5) is 13.2 Å². The van der Waals surface area contributed by atoms with Crippen LogP contribution < -0.4 is 0 Å². The van der Waals surface area contributed by atoms with Gasteiger partial charge in [0.2, 0.25) is 0 Å². The third kappa shape index (κ3) is 4.01. The van der Waals surface area contributed by atoms with E-state index in [1.54, 1.807) is 12.1 Å². The molecule has 0 N–H and O–H groups in total. The Labute approximate surface area is 142 Å². The van der Waals surface area contributed by atoms with E-state index in [2.05, 4.69) is 4.18 Å². The van der Waals surface area contributed by atoms with Crippen molar-refractivity contribution >= 4 is 22.3 Å². The van der Waals surface area contributed by atoms with Gasteiger partial charge < -0.3 is 9.08 Å². The maximum absolute atomic E-state index is 12.5. The average Bonchev–Trinajstić information content (AvgIpc) is 3.00. The minimum Gasteiger partial charge on any atom is -0.381 e. The largest absolute Gasteiger partial charge is 0.534 e. The predicted octanol–water partition coefficient (Wildman–Crippen LogP) is 2.48. The van der Waals surface area contributed by atoms with Gasteiger partial charge in [-0.2, -0.15) is 21.6 Å². The van der Waals surface area contributed by atoms with E-state index in [-0.39, 0.29) is 29.7 Å². The number of rotatable bonds is 5. The van der Waals surface area contributed by atoms with E-state index < -0.39 is 27.6 Å². The van der Waals surface area contributed by atoms with Gasteiger partial charge in [0, 0.05) is 19.0 Å². The maximum Gasteiger partial charge on any atom is 0.534 e. The lowest BCUT2D eigenvalue weighted by Crippen LogP contribution is -2.35. The Morgan fingerprint density at radius 3 is 2.56 bits per heavy atom. The number of hydrogen-bond acceptors (Lipinski definition) is 5. The molecule has 1 atom stereocenters. The Kier molecular flexibility index (Phi) is 5.21. The summed E-state index contributed by atoms with van der Waals surface area (Å²) in [5.74, 6) is -0.880. The minimum atomic E-state index is -5.73. The van der Waals surface area contributed by atoms with Crippen LogP contribution in [0.25, 0.3) is 0 Å². The molecule has 0 fully saturated rings. The zero-order valence-corrected chi connectivity index (χ0v) is 13.8. The summed E-state index contributed by atoms with van der Waals surface area (Å²) in [4.78, 5) is 24.7. The van der Waals surface area contributed by atoms with Crippen molar-refractivity contribution in [3.05, 3.63) is 47.2 Å². The second kappa shape index (κ2) is 6.87. The Balaban J connectivity index is 2.16. The molecule has 0 heterocycles. The number of amides is 1. The molecule has 0 saturated carbocycles. The molecule has 1 aromatic rings. The smallest absolute Gasteiger partial charge is 0.381 e. The van der Waals surface area contributed by atoms with Crippen LogP contribution in [0.2, 0.25) is 0 Å². The molecule has 0 bridgehead atoms. The van der Waals surface area contributed by atoms with Gasteiger partial charge in [-0.05, 0) is 18.6 Å². The van der Waals surface area contributed by atoms with Crippen molar-refractivity contribution in [1.82, 2.24) is 4.90 Å². The number of halogens is 3. The van der Waals surface area contributed by atoms with Gasteiger partial charge in [0.25, 0.3) is 5.91 Å².